The molecule has 0 aliphatic heterocycles. The van der Waals surface area contributed by atoms with Gasteiger partial charge in [0.2, 0.25) is 0 Å². The monoisotopic (exact) mass is 431 g/mol. The fraction of sp³-hybridized carbons (Fsp3) is 0.125. The van der Waals surface area contributed by atoms with E-state index in [9.17, 15) is 19.7 Å². The molecule has 32 heavy (non-hydrogen) atoms. The van der Waals surface area contributed by atoms with Crippen molar-refractivity contribution >= 4 is 29.6 Å². The molecule has 0 N–H and O–H groups in total. The van der Waals surface area contributed by atoms with Gasteiger partial charge in [-0.1, -0.05) is 42.5 Å². The van der Waals surface area contributed by atoms with Gasteiger partial charge < -0.3 is 9.30 Å². The molecule has 0 atom stereocenters. The molecule has 0 saturated heterocycles. The number of carbonyl (C=O) groups excluding carboxylic acids is 2. The van der Waals surface area contributed by atoms with Crippen LogP contribution in [0.2, 0.25) is 0 Å². The molecule has 0 aliphatic carbocycles. The molecule has 0 saturated carbocycles. The standard InChI is InChI=1S/C24H21N3O5/c1-18(28)23(15-21-4-2-6-22(14-21)27(30)31)24(29)32-13-3-5-19-7-9-20(10-8-19)16-26-12-11-25-17-26/h2-12,14-15,17H,13,16H2,1H3. The Balaban J connectivity index is 1.58. The van der Waals surface area contributed by atoms with E-state index in [1.807, 2.05) is 41.1 Å². The first kappa shape index (κ1) is 22.4. The van der Waals surface area contributed by atoms with Crippen molar-refractivity contribution in [2.45, 2.75) is 13.5 Å². The van der Waals surface area contributed by atoms with Crippen LogP contribution in [0.25, 0.3) is 12.2 Å². The lowest BCUT2D eigenvalue weighted by molar-refractivity contribution is -0.384. The third-order valence-electron chi connectivity index (χ3n) is 4.52. The van der Waals surface area contributed by atoms with Crippen molar-refractivity contribution in [3.63, 3.8) is 0 Å². The molecule has 162 valence electrons. The van der Waals surface area contributed by atoms with Crippen LogP contribution in [0.15, 0.2) is 78.9 Å². The molecule has 3 aromatic rings. The second kappa shape index (κ2) is 10.6. The van der Waals surface area contributed by atoms with Crippen molar-refractivity contribution in [3.8, 4) is 0 Å². The summed E-state index contributed by atoms with van der Waals surface area (Å²) in [6, 6.07) is 13.6. The van der Waals surface area contributed by atoms with E-state index in [-0.39, 0.29) is 17.9 Å². The van der Waals surface area contributed by atoms with Gasteiger partial charge in [0, 0.05) is 31.1 Å². The molecule has 2 aromatic carbocycles. The number of Topliss-reactive ketones (excluding diaryl/α,β-unsaturated/α-hetero) is 1. The Morgan fingerprint density at radius 2 is 1.94 bits per heavy atom. The lowest BCUT2D eigenvalue weighted by atomic mass is 10.1. The van der Waals surface area contributed by atoms with Gasteiger partial charge in [-0.25, -0.2) is 9.78 Å². The lowest BCUT2D eigenvalue weighted by Gasteiger charge is -2.05. The topological polar surface area (TPSA) is 104 Å². The van der Waals surface area contributed by atoms with Crippen LogP contribution in [-0.4, -0.2) is 32.8 Å². The van der Waals surface area contributed by atoms with E-state index < -0.39 is 16.7 Å². The number of ketones is 1. The normalized spacial score (nSPS) is 11.5. The zero-order chi connectivity index (χ0) is 22.9. The highest BCUT2D eigenvalue weighted by molar-refractivity contribution is 6.19. The van der Waals surface area contributed by atoms with Crippen LogP contribution in [0.4, 0.5) is 5.69 Å². The van der Waals surface area contributed by atoms with Crippen LogP contribution in [-0.2, 0) is 20.9 Å². The number of hydrogen-bond acceptors (Lipinski definition) is 6. The molecule has 1 heterocycles. The predicted molar refractivity (Wildman–Crippen MR) is 120 cm³/mol. The van der Waals surface area contributed by atoms with Crippen LogP contribution in [0.1, 0.15) is 23.6 Å². The first-order valence-corrected chi connectivity index (χ1v) is 9.78. The van der Waals surface area contributed by atoms with Crippen LogP contribution in [0.3, 0.4) is 0 Å². The number of nitro benzene ring substituents is 1. The number of ether oxygens (including phenoxy) is 1. The summed E-state index contributed by atoms with van der Waals surface area (Å²) in [5.74, 6) is -1.27. The van der Waals surface area contributed by atoms with E-state index in [1.165, 1.54) is 31.2 Å². The molecule has 1 aromatic heterocycles. The van der Waals surface area contributed by atoms with Crippen LogP contribution in [0.5, 0.6) is 0 Å². The number of non-ortho nitro benzene ring substituents is 1. The maximum Gasteiger partial charge on any atom is 0.342 e. The molecular formula is C24H21N3O5. The minimum absolute atomic E-state index is 0.0187. The van der Waals surface area contributed by atoms with Gasteiger partial charge >= 0.3 is 5.97 Å². The van der Waals surface area contributed by atoms with Gasteiger partial charge in [0.05, 0.1) is 11.3 Å². The summed E-state index contributed by atoms with van der Waals surface area (Å²) in [5.41, 5.74) is 2.13. The lowest BCUT2D eigenvalue weighted by Crippen LogP contribution is -2.13. The average Bonchev–Trinajstić information content (AvgIpc) is 3.29. The molecule has 0 unspecified atom stereocenters. The molecule has 0 amide bonds. The SMILES string of the molecule is CC(=O)C(=Cc1cccc([N+](=O)[O-])c1)C(=O)OCC=Cc1ccc(Cn2ccnc2)cc1. The summed E-state index contributed by atoms with van der Waals surface area (Å²) in [7, 11) is 0. The quantitative estimate of drug-likeness (QED) is 0.126. The zero-order valence-electron chi connectivity index (χ0n) is 17.4. The summed E-state index contributed by atoms with van der Waals surface area (Å²) in [6.45, 7) is 1.95. The highest BCUT2D eigenvalue weighted by Crippen LogP contribution is 2.17. The zero-order valence-corrected chi connectivity index (χ0v) is 17.4. The Hall–Kier alpha value is -4.33. The van der Waals surface area contributed by atoms with Crippen LogP contribution in [0, 0.1) is 10.1 Å². The Morgan fingerprint density at radius 1 is 1.16 bits per heavy atom. The van der Waals surface area contributed by atoms with Gasteiger partial charge in [0.1, 0.15) is 12.2 Å². The van der Waals surface area contributed by atoms with E-state index in [1.54, 1.807) is 24.7 Å². The maximum atomic E-state index is 12.3. The van der Waals surface area contributed by atoms with Gasteiger partial charge in [0.25, 0.3) is 5.69 Å². The summed E-state index contributed by atoms with van der Waals surface area (Å²) in [4.78, 5) is 38.6. The fourth-order valence-electron chi connectivity index (χ4n) is 2.91. The van der Waals surface area contributed by atoms with E-state index in [0.717, 1.165) is 17.7 Å². The number of benzene rings is 2. The first-order valence-electron chi connectivity index (χ1n) is 9.78. The minimum Gasteiger partial charge on any atom is -0.458 e. The number of nitrogens with zero attached hydrogens (tertiary/aromatic N) is 3. The predicted octanol–water partition coefficient (Wildman–Crippen LogP) is 4.07. The maximum absolute atomic E-state index is 12.3. The molecule has 0 radical (unpaired) electrons. The molecule has 3 rings (SSSR count). The Kier molecular flexibility index (Phi) is 7.42. The Labute approximate surface area is 184 Å². The van der Waals surface area contributed by atoms with Gasteiger partial charge in [-0.2, -0.15) is 0 Å². The average molecular weight is 431 g/mol. The summed E-state index contributed by atoms with van der Waals surface area (Å²) >= 11 is 0. The van der Waals surface area contributed by atoms with Gasteiger partial charge in [-0.15, -0.1) is 0 Å². The molecule has 8 nitrogen and oxygen atoms in total. The molecule has 8 heteroatoms. The Bertz CT molecular complexity index is 1160. The van der Waals surface area contributed by atoms with Crippen molar-refractivity contribution in [2.75, 3.05) is 6.61 Å². The number of rotatable bonds is 9. The Morgan fingerprint density at radius 3 is 2.59 bits per heavy atom. The third kappa shape index (κ3) is 6.33. The first-order chi connectivity index (χ1) is 15.4. The minimum atomic E-state index is -0.788. The van der Waals surface area contributed by atoms with E-state index in [4.69, 9.17) is 4.74 Å². The van der Waals surface area contributed by atoms with Crippen LogP contribution >= 0.6 is 0 Å². The van der Waals surface area contributed by atoms with E-state index >= 15 is 0 Å². The van der Waals surface area contributed by atoms with Gasteiger partial charge in [0.15, 0.2) is 5.78 Å². The molecule has 0 spiro atoms. The third-order valence-corrected chi connectivity index (χ3v) is 4.52. The second-order valence-corrected chi connectivity index (χ2v) is 6.94. The summed E-state index contributed by atoms with van der Waals surface area (Å²) in [6.07, 6.45) is 10.2. The van der Waals surface area contributed by atoms with Gasteiger partial charge in [-0.3, -0.25) is 14.9 Å². The molecule has 0 fully saturated rings. The van der Waals surface area contributed by atoms with Gasteiger partial charge in [-0.05, 0) is 35.8 Å². The molecule has 0 aliphatic rings. The molecular weight excluding hydrogens is 410 g/mol. The van der Waals surface area contributed by atoms with Crippen molar-refractivity contribution < 1.29 is 19.2 Å². The largest absolute Gasteiger partial charge is 0.458 e. The van der Waals surface area contributed by atoms with Crippen LogP contribution < -0.4 is 0 Å². The summed E-state index contributed by atoms with van der Waals surface area (Å²) in [5, 5.41) is 10.9. The number of imidazole rings is 1. The van der Waals surface area contributed by atoms with E-state index in [2.05, 4.69) is 4.98 Å². The number of esters is 1. The second-order valence-electron chi connectivity index (χ2n) is 6.94. The van der Waals surface area contributed by atoms with Crippen molar-refractivity contribution in [2.24, 2.45) is 0 Å². The molecule has 0 bridgehead atoms. The number of nitro groups is 1. The van der Waals surface area contributed by atoms with Crippen molar-refractivity contribution in [3.05, 3.63) is 106 Å². The number of aromatic nitrogens is 2. The van der Waals surface area contributed by atoms with Crippen molar-refractivity contribution in [1.29, 1.82) is 0 Å². The fourth-order valence-corrected chi connectivity index (χ4v) is 2.91. The highest BCUT2D eigenvalue weighted by Gasteiger charge is 2.16. The summed E-state index contributed by atoms with van der Waals surface area (Å²) < 4.78 is 7.14. The smallest absolute Gasteiger partial charge is 0.342 e. The number of hydrogen-bond donors (Lipinski definition) is 0. The number of carbonyl (C=O) groups is 2. The van der Waals surface area contributed by atoms with E-state index in [0.29, 0.717) is 5.56 Å². The van der Waals surface area contributed by atoms with Crippen molar-refractivity contribution in [1.82, 2.24) is 9.55 Å². The highest BCUT2D eigenvalue weighted by atomic mass is 16.6.